The fraction of sp³-hybridized carbons (Fsp3) is 0.588. The van der Waals surface area contributed by atoms with E-state index >= 15 is 0 Å². The van der Waals surface area contributed by atoms with Crippen molar-refractivity contribution in [3.63, 3.8) is 0 Å². The molecule has 218 valence electrons. The highest BCUT2D eigenvalue weighted by Crippen LogP contribution is 2.49. The Morgan fingerprint density at radius 3 is 1.75 bits per heavy atom. The number of benzene rings is 1. The molecule has 40 heavy (non-hydrogen) atoms. The zero-order chi connectivity index (χ0) is 28.5. The number of anilines is 2. The number of fused-ring (bicyclic) bond motifs is 1. The highest BCUT2D eigenvalue weighted by molar-refractivity contribution is 5.95. The third kappa shape index (κ3) is 6.60. The molecule has 1 aliphatic rings. The largest absolute Gasteiger partial charge is 0.392 e. The summed E-state index contributed by atoms with van der Waals surface area (Å²) in [5.41, 5.74) is 4.07. The third-order valence-electron chi connectivity index (χ3n) is 8.60. The lowest BCUT2D eigenvalue weighted by atomic mass is 9.64. The molecule has 2 unspecified atom stereocenters. The average molecular weight is 547 g/mol. The maximum Gasteiger partial charge on any atom is 0.0742 e. The molecular weight excluding hydrogens is 496 g/mol. The van der Waals surface area contributed by atoms with E-state index in [1.165, 1.54) is 31.4 Å². The van der Waals surface area contributed by atoms with E-state index in [9.17, 15) is 10.2 Å². The van der Waals surface area contributed by atoms with Crippen LogP contribution in [0.1, 0.15) is 102 Å². The fourth-order valence-electron chi connectivity index (χ4n) is 6.06. The molecule has 1 saturated carbocycles. The summed E-state index contributed by atoms with van der Waals surface area (Å²) in [6.45, 7) is 13.0. The molecule has 2 heterocycles. The molecule has 2 aromatic heterocycles. The van der Waals surface area contributed by atoms with Gasteiger partial charge in [0, 0.05) is 61.0 Å². The van der Waals surface area contributed by atoms with Gasteiger partial charge >= 0.3 is 0 Å². The molecule has 0 bridgehead atoms. The number of nitrogens with zero attached hydrogens (tertiary/aromatic N) is 4. The van der Waals surface area contributed by atoms with Gasteiger partial charge in [0.25, 0.3) is 0 Å². The Morgan fingerprint density at radius 2 is 1.20 bits per heavy atom. The smallest absolute Gasteiger partial charge is 0.0742 e. The summed E-state index contributed by atoms with van der Waals surface area (Å²) in [5.74, 6) is -0.756. The summed E-state index contributed by atoms with van der Waals surface area (Å²) < 4.78 is 0. The Bertz CT molecular complexity index is 1160. The normalized spacial score (nSPS) is 20.4. The first-order chi connectivity index (χ1) is 19.5. The van der Waals surface area contributed by atoms with Crippen molar-refractivity contribution in [2.75, 3.05) is 36.0 Å². The number of aliphatic hydroxyl groups is 2. The molecule has 3 aromatic rings. The van der Waals surface area contributed by atoms with Crippen LogP contribution in [0.25, 0.3) is 10.8 Å². The van der Waals surface area contributed by atoms with E-state index in [0.29, 0.717) is 0 Å². The van der Waals surface area contributed by atoms with Crippen molar-refractivity contribution < 1.29 is 10.2 Å². The minimum absolute atomic E-state index is 0.322. The van der Waals surface area contributed by atoms with E-state index < -0.39 is 18.1 Å². The predicted octanol–water partition coefficient (Wildman–Crippen LogP) is 7.05. The van der Waals surface area contributed by atoms with Gasteiger partial charge in [0.05, 0.1) is 35.7 Å². The van der Waals surface area contributed by atoms with Gasteiger partial charge in [0.15, 0.2) is 0 Å². The van der Waals surface area contributed by atoms with Gasteiger partial charge < -0.3 is 20.0 Å². The Balaban J connectivity index is 1.56. The minimum atomic E-state index is -0.699. The molecule has 4 rings (SSSR count). The molecular formula is C34H50N4O2. The molecule has 2 atom stereocenters. The number of rotatable bonds is 16. The van der Waals surface area contributed by atoms with Gasteiger partial charge in [0.1, 0.15) is 0 Å². The van der Waals surface area contributed by atoms with Crippen molar-refractivity contribution in [1.82, 2.24) is 9.97 Å². The molecule has 6 nitrogen and oxygen atoms in total. The molecule has 2 N–H and O–H groups in total. The van der Waals surface area contributed by atoms with Gasteiger partial charge in [-0.15, -0.1) is 0 Å². The number of aliphatic hydroxyl groups excluding tert-OH is 2. The van der Waals surface area contributed by atoms with Crippen molar-refractivity contribution >= 4 is 22.1 Å². The number of hydrogen-bond donors (Lipinski definition) is 2. The lowest BCUT2D eigenvalue weighted by Gasteiger charge is -2.46. The summed E-state index contributed by atoms with van der Waals surface area (Å²) in [6.07, 6.45) is 13.5. The zero-order valence-corrected chi connectivity index (χ0v) is 25.1. The summed E-state index contributed by atoms with van der Waals surface area (Å²) in [7, 11) is 0. The number of hydrogen-bond acceptors (Lipinski definition) is 6. The van der Waals surface area contributed by atoms with Gasteiger partial charge in [-0.05, 0) is 49.4 Å². The van der Waals surface area contributed by atoms with Crippen LogP contribution in [0.5, 0.6) is 0 Å². The van der Waals surface area contributed by atoms with Gasteiger partial charge in [-0.3, -0.25) is 9.97 Å². The first kappa shape index (κ1) is 30.3. The van der Waals surface area contributed by atoms with E-state index in [1.807, 2.05) is 18.6 Å². The molecule has 0 spiro atoms. The second kappa shape index (κ2) is 14.8. The standard InChI is InChI=1S/C34H50N4O2/c1-5-9-19-37(20-10-6-2)26-15-13-25(14-16-26)30-33(39)31(34(30)40)32-28-23-35-18-17-27(28)29(24-36-32)38(21-11-7-3)22-12-8-4/h13-18,23-24,30-31,33-34,39-40H,5-12,19-22H2,1-4H3. The van der Waals surface area contributed by atoms with Gasteiger partial charge in [0.2, 0.25) is 0 Å². The maximum atomic E-state index is 11.4. The van der Waals surface area contributed by atoms with Crippen LogP contribution in [0.4, 0.5) is 11.4 Å². The first-order valence-electron chi connectivity index (χ1n) is 15.7. The molecule has 1 aromatic carbocycles. The molecule has 0 aliphatic heterocycles. The van der Waals surface area contributed by atoms with Gasteiger partial charge in [-0.1, -0.05) is 65.5 Å². The lowest BCUT2D eigenvalue weighted by molar-refractivity contribution is -0.0794. The zero-order valence-electron chi connectivity index (χ0n) is 25.1. The Labute approximate surface area is 241 Å². The van der Waals surface area contributed by atoms with Crippen LogP contribution in [0.15, 0.2) is 48.9 Å². The van der Waals surface area contributed by atoms with E-state index in [1.54, 1.807) is 0 Å². The molecule has 1 fully saturated rings. The fourth-order valence-corrected chi connectivity index (χ4v) is 6.06. The lowest BCUT2D eigenvalue weighted by Crippen LogP contribution is -2.52. The SMILES string of the molecule is CCCCN(CCCC)c1ccc(C2C(O)C(c3ncc(N(CCCC)CCCC)c4ccncc34)C2O)cc1. The summed E-state index contributed by atoms with van der Waals surface area (Å²) in [4.78, 5) is 14.2. The predicted molar refractivity (Wildman–Crippen MR) is 168 cm³/mol. The van der Waals surface area contributed by atoms with Crippen molar-refractivity contribution in [2.24, 2.45) is 0 Å². The summed E-state index contributed by atoms with van der Waals surface area (Å²) in [5, 5.41) is 24.8. The quantitative estimate of drug-likeness (QED) is 0.201. The van der Waals surface area contributed by atoms with Crippen LogP contribution in [-0.2, 0) is 0 Å². The Morgan fingerprint density at radius 1 is 0.650 bits per heavy atom. The number of pyridine rings is 2. The molecule has 6 heteroatoms. The first-order valence-corrected chi connectivity index (χ1v) is 15.7. The summed E-state index contributed by atoms with van der Waals surface area (Å²) >= 11 is 0. The van der Waals surface area contributed by atoms with Crippen LogP contribution in [0.2, 0.25) is 0 Å². The highest BCUT2D eigenvalue weighted by Gasteiger charge is 2.51. The minimum Gasteiger partial charge on any atom is -0.392 e. The van der Waals surface area contributed by atoms with Crippen molar-refractivity contribution in [3.05, 3.63) is 60.2 Å². The van der Waals surface area contributed by atoms with Crippen molar-refractivity contribution in [3.8, 4) is 0 Å². The molecule has 0 radical (unpaired) electrons. The second-order valence-corrected chi connectivity index (χ2v) is 11.5. The Hall–Kier alpha value is -2.70. The van der Waals surface area contributed by atoms with E-state index in [-0.39, 0.29) is 5.92 Å². The molecule has 1 aliphatic carbocycles. The maximum absolute atomic E-state index is 11.4. The third-order valence-corrected chi connectivity index (χ3v) is 8.60. The highest BCUT2D eigenvalue weighted by atomic mass is 16.3. The van der Waals surface area contributed by atoms with Crippen LogP contribution in [-0.4, -0.2) is 58.6 Å². The molecule has 0 saturated heterocycles. The monoisotopic (exact) mass is 546 g/mol. The van der Waals surface area contributed by atoms with E-state index in [0.717, 1.165) is 79.6 Å². The van der Waals surface area contributed by atoms with Crippen LogP contribution >= 0.6 is 0 Å². The Kier molecular flexibility index (Phi) is 11.2. The topological polar surface area (TPSA) is 72.7 Å². The van der Waals surface area contributed by atoms with Crippen LogP contribution < -0.4 is 9.80 Å². The van der Waals surface area contributed by atoms with E-state index in [2.05, 4.69) is 72.8 Å². The van der Waals surface area contributed by atoms with Crippen LogP contribution in [0, 0.1) is 0 Å². The number of unbranched alkanes of at least 4 members (excludes halogenated alkanes) is 4. The van der Waals surface area contributed by atoms with E-state index in [4.69, 9.17) is 4.98 Å². The van der Waals surface area contributed by atoms with Crippen molar-refractivity contribution in [1.29, 1.82) is 0 Å². The second-order valence-electron chi connectivity index (χ2n) is 11.5. The van der Waals surface area contributed by atoms with Crippen LogP contribution in [0.3, 0.4) is 0 Å². The number of aromatic nitrogens is 2. The molecule has 0 amide bonds. The average Bonchev–Trinajstić information content (AvgIpc) is 2.98. The summed E-state index contributed by atoms with van der Waals surface area (Å²) in [6, 6.07) is 10.5. The van der Waals surface area contributed by atoms with Gasteiger partial charge in [-0.2, -0.15) is 0 Å². The van der Waals surface area contributed by atoms with Crippen molar-refractivity contribution in [2.45, 2.75) is 103 Å². The van der Waals surface area contributed by atoms with Gasteiger partial charge in [-0.25, -0.2) is 0 Å².